The molecule has 4 heteroatoms. The van der Waals surface area contributed by atoms with E-state index in [-0.39, 0.29) is 6.10 Å². The van der Waals surface area contributed by atoms with E-state index in [1.165, 1.54) is 0 Å². The lowest BCUT2D eigenvalue weighted by atomic mass is 10.0. The monoisotopic (exact) mass is 247 g/mol. The number of nitrogens with zero attached hydrogens (tertiary/aromatic N) is 1. The van der Waals surface area contributed by atoms with Crippen LogP contribution in [-0.4, -0.2) is 23.6 Å². The number of hydrogen-bond donors (Lipinski definition) is 1. The van der Waals surface area contributed by atoms with Crippen molar-refractivity contribution in [2.75, 3.05) is 6.61 Å². The minimum Gasteiger partial charge on any atom is -0.374 e. The van der Waals surface area contributed by atoms with Gasteiger partial charge in [-0.25, -0.2) is 0 Å². The minimum atomic E-state index is -1.63. The molecular weight excluding hydrogens is 230 g/mol. The van der Waals surface area contributed by atoms with E-state index in [2.05, 4.69) is 0 Å². The normalized spacial score (nSPS) is 27.7. The molecule has 0 saturated carbocycles. The van der Waals surface area contributed by atoms with E-state index in [9.17, 15) is 5.11 Å². The van der Waals surface area contributed by atoms with Crippen molar-refractivity contribution in [2.24, 2.45) is 0 Å². The molecule has 1 heterocycles. The van der Waals surface area contributed by atoms with Crippen molar-refractivity contribution >= 4 is 0 Å². The average molecular weight is 247 g/mol. The van der Waals surface area contributed by atoms with Crippen LogP contribution in [-0.2, 0) is 16.1 Å². The van der Waals surface area contributed by atoms with Crippen molar-refractivity contribution < 1.29 is 14.6 Å². The van der Waals surface area contributed by atoms with Crippen LogP contribution in [0.1, 0.15) is 24.8 Å². The molecule has 2 rings (SSSR count). The molecule has 0 aliphatic carbocycles. The van der Waals surface area contributed by atoms with E-state index >= 15 is 0 Å². The van der Waals surface area contributed by atoms with Crippen LogP contribution in [0.25, 0.3) is 0 Å². The molecule has 18 heavy (non-hydrogen) atoms. The van der Waals surface area contributed by atoms with Gasteiger partial charge in [-0.2, -0.15) is 5.26 Å². The lowest BCUT2D eigenvalue weighted by molar-refractivity contribution is -0.226. The molecule has 0 aromatic heterocycles. The SMILES string of the molecule is N#CC1(O)CCCC(COCc2ccccc2)O1. The summed E-state index contributed by atoms with van der Waals surface area (Å²) in [5.74, 6) is -1.63. The molecular formula is C14H17NO3. The Bertz CT molecular complexity index is 415. The molecule has 1 aliphatic heterocycles. The molecule has 2 atom stereocenters. The Morgan fingerprint density at radius 2 is 2.22 bits per heavy atom. The van der Waals surface area contributed by atoms with Gasteiger partial charge in [-0.1, -0.05) is 30.3 Å². The molecule has 2 unspecified atom stereocenters. The van der Waals surface area contributed by atoms with Gasteiger partial charge in [-0.3, -0.25) is 0 Å². The predicted molar refractivity (Wildman–Crippen MR) is 65.4 cm³/mol. The van der Waals surface area contributed by atoms with E-state index in [0.717, 1.165) is 18.4 Å². The number of benzene rings is 1. The van der Waals surface area contributed by atoms with Gasteiger partial charge in [0, 0.05) is 6.42 Å². The van der Waals surface area contributed by atoms with Crippen LogP contribution in [0.4, 0.5) is 0 Å². The second-order valence-corrected chi connectivity index (χ2v) is 4.53. The highest BCUT2D eigenvalue weighted by molar-refractivity contribution is 5.13. The summed E-state index contributed by atoms with van der Waals surface area (Å²) >= 11 is 0. The summed E-state index contributed by atoms with van der Waals surface area (Å²) in [5, 5.41) is 18.5. The molecule has 1 aliphatic rings. The third-order valence-electron chi connectivity index (χ3n) is 2.99. The number of hydrogen-bond acceptors (Lipinski definition) is 4. The van der Waals surface area contributed by atoms with Gasteiger partial charge >= 0.3 is 0 Å². The summed E-state index contributed by atoms with van der Waals surface area (Å²) in [6.07, 6.45) is 1.77. The summed E-state index contributed by atoms with van der Waals surface area (Å²) in [5.41, 5.74) is 1.10. The Kier molecular flexibility index (Phi) is 4.32. The maximum Gasteiger partial charge on any atom is 0.257 e. The summed E-state index contributed by atoms with van der Waals surface area (Å²) in [6, 6.07) is 11.7. The Morgan fingerprint density at radius 1 is 1.44 bits per heavy atom. The minimum absolute atomic E-state index is 0.202. The second-order valence-electron chi connectivity index (χ2n) is 4.53. The summed E-state index contributed by atoms with van der Waals surface area (Å²) in [4.78, 5) is 0. The average Bonchev–Trinajstić information content (AvgIpc) is 2.40. The molecule has 0 amide bonds. The van der Waals surface area contributed by atoms with Gasteiger partial charge in [0.2, 0.25) is 0 Å². The number of ether oxygens (including phenoxy) is 2. The highest BCUT2D eigenvalue weighted by Gasteiger charge is 2.35. The lowest BCUT2D eigenvalue weighted by Crippen LogP contribution is -2.41. The summed E-state index contributed by atoms with van der Waals surface area (Å²) in [7, 11) is 0. The molecule has 4 nitrogen and oxygen atoms in total. The fourth-order valence-corrected chi connectivity index (χ4v) is 2.04. The molecule has 0 spiro atoms. The Morgan fingerprint density at radius 3 is 2.94 bits per heavy atom. The second kappa shape index (κ2) is 5.96. The van der Waals surface area contributed by atoms with E-state index in [4.69, 9.17) is 14.7 Å². The van der Waals surface area contributed by atoms with Crippen molar-refractivity contribution in [3.8, 4) is 6.07 Å². The third-order valence-corrected chi connectivity index (χ3v) is 2.99. The van der Waals surface area contributed by atoms with Crippen LogP contribution in [0.15, 0.2) is 30.3 Å². The van der Waals surface area contributed by atoms with Gasteiger partial charge in [0.15, 0.2) is 0 Å². The maximum absolute atomic E-state index is 9.73. The van der Waals surface area contributed by atoms with Gasteiger partial charge < -0.3 is 14.6 Å². The molecule has 1 saturated heterocycles. The van der Waals surface area contributed by atoms with Gasteiger partial charge in [0.1, 0.15) is 6.07 Å². The van der Waals surface area contributed by atoms with Gasteiger partial charge in [-0.15, -0.1) is 0 Å². The molecule has 1 N–H and O–H groups in total. The first-order chi connectivity index (χ1) is 8.72. The first-order valence-electron chi connectivity index (χ1n) is 6.15. The quantitative estimate of drug-likeness (QED) is 0.826. The standard InChI is InChI=1S/C14H17NO3/c15-11-14(16)8-4-7-13(18-14)10-17-9-12-5-2-1-3-6-12/h1-3,5-6,13,16H,4,7-10H2. The van der Waals surface area contributed by atoms with Crippen LogP contribution in [0.2, 0.25) is 0 Å². The highest BCUT2D eigenvalue weighted by Crippen LogP contribution is 2.26. The summed E-state index contributed by atoms with van der Waals surface area (Å²) in [6.45, 7) is 0.921. The zero-order chi connectivity index (χ0) is 12.8. The van der Waals surface area contributed by atoms with Crippen LogP contribution >= 0.6 is 0 Å². The largest absolute Gasteiger partial charge is 0.374 e. The zero-order valence-corrected chi connectivity index (χ0v) is 10.2. The number of nitriles is 1. The van der Waals surface area contributed by atoms with Crippen molar-refractivity contribution in [1.82, 2.24) is 0 Å². The van der Waals surface area contributed by atoms with Crippen molar-refractivity contribution in [3.05, 3.63) is 35.9 Å². The van der Waals surface area contributed by atoms with Crippen LogP contribution in [0.5, 0.6) is 0 Å². The van der Waals surface area contributed by atoms with Gasteiger partial charge in [-0.05, 0) is 18.4 Å². The van der Waals surface area contributed by atoms with Gasteiger partial charge in [0.25, 0.3) is 5.79 Å². The first kappa shape index (κ1) is 13.0. The predicted octanol–water partition coefficient (Wildman–Crippen LogP) is 1.98. The topological polar surface area (TPSA) is 62.5 Å². The van der Waals surface area contributed by atoms with Crippen LogP contribution in [0.3, 0.4) is 0 Å². The Hall–Kier alpha value is -1.41. The van der Waals surface area contributed by atoms with Crippen LogP contribution in [0, 0.1) is 11.3 Å². The van der Waals surface area contributed by atoms with E-state index in [1.807, 2.05) is 30.3 Å². The van der Waals surface area contributed by atoms with Crippen molar-refractivity contribution in [3.63, 3.8) is 0 Å². The maximum atomic E-state index is 9.73. The molecule has 1 aromatic carbocycles. The van der Waals surface area contributed by atoms with Crippen LogP contribution < -0.4 is 0 Å². The Balaban J connectivity index is 1.76. The van der Waals surface area contributed by atoms with Crippen molar-refractivity contribution in [2.45, 2.75) is 37.8 Å². The van der Waals surface area contributed by atoms with E-state index < -0.39 is 5.79 Å². The third kappa shape index (κ3) is 3.54. The zero-order valence-electron chi connectivity index (χ0n) is 10.2. The Labute approximate surface area is 107 Å². The molecule has 0 radical (unpaired) electrons. The smallest absolute Gasteiger partial charge is 0.257 e. The molecule has 96 valence electrons. The van der Waals surface area contributed by atoms with Gasteiger partial charge in [0.05, 0.1) is 19.3 Å². The van der Waals surface area contributed by atoms with Crippen molar-refractivity contribution in [1.29, 1.82) is 5.26 Å². The molecule has 1 fully saturated rings. The van der Waals surface area contributed by atoms with E-state index in [1.54, 1.807) is 6.07 Å². The number of rotatable bonds is 4. The number of aliphatic hydroxyl groups is 1. The fraction of sp³-hybridized carbons (Fsp3) is 0.500. The molecule has 1 aromatic rings. The molecule has 0 bridgehead atoms. The lowest BCUT2D eigenvalue weighted by Gasteiger charge is -2.31. The fourth-order valence-electron chi connectivity index (χ4n) is 2.04. The summed E-state index contributed by atoms with van der Waals surface area (Å²) < 4.78 is 10.9. The first-order valence-corrected chi connectivity index (χ1v) is 6.15. The van der Waals surface area contributed by atoms with E-state index in [0.29, 0.717) is 19.6 Å². The highest BCUT2D eigenvalue weighted by atomic mass is 16.6.